The van der Waals surface area contributed by atoms with E-state index in [0.717, 1.165) is 0 Å². The van der Waals surface area contributed by atoms with Crippen molar-refractivity contribution in [1.29, 1.82) is 0 Å². The molecule has 4 N–H and O–H groups in total. The fourth-order valence-electron chi connectivity index (χ4n) is 1.28. The van der Waals surface area contributed by atoms with Crippen molar-refractivity contribution in [2.45, 2.75) is 6.04 Å². The zero-order valence-electron chi connectivity index (χ0n) is 10.2. The molecule has 11 heteroatoms. The van der Waals surface area contributed by atoms with Crippen molar-refractivity contribution in [2.24, 2.45) is 0 Å². The molecular formula is C10H9F2N3O6. The van der Waals surface area contributed by atoms with E-state index in [0.29, 0.717) is 6.07 Å². The van der Waals surface area contributed by atoms with Crippen LogP contribution in [0.15, 0.2) is 12.1 Å². The minimum absolute atomic E-state index is 0.203. The Bertz CT molecular complexity index is 594. The predicted octanol–water partition coefficient (Wildman–Crippen LogP) is 0.440. The molecule has 114 valence electrons. The SMILES string of the molecule is O=C(Nc1cc([N+](=O)[O-])c(F)cc1F)N[C@@H](CO)C(=O)O. The molecule has 0 spiro atoms. The summed E-state index contributed by atoms with van der Waals surface area (Å²) in [4.78, 5) is 31.3. The van der Waals surface area contributed by atoms with Gasteiger partial charge in [-0.2, -0.15) is 4.39 Å². The van der Waals surface area contributed by atoms with Crippen molar-refractivity contribution in [3.63, 3.8) is 0 Å². The van der Waals surface area contributed by atoms with Gasteiger partial charge in [0.15, 0.2) is 6.04 Å². The molecule has 0 saturated carbocycles. The summed E-state index contributed by atoms with van der Waals surface area (Å²) in [5, 5.41) is 31.3. The van der Waals surface area contributed by atoms with Gasteiger partial charge in [-0.15, -0.1) is 0 Å². The quantitative estimate of drug-likeness (QED) is 0.459. The molecule has 1 atom stereocenters. The van der Waals surface area contributed by atoms with E-state index >= 15 is 0 Å². The number of carbonyl (C=O) groups excluding carboxylic acids is 1. The summed E-state index contributed by atoms with van der Waals surface area (Å²) in [5.41, 5.74) is -1.79. The maximum absolute atomic E-state index is 13.4. The number of hydrogen-bond donors (Lipinski definition) is 4. The number of nitro benzene ring substituents is 1. The maximum Gasteiger partial charge on any atom is 0.328 e. The summed E-state index contributed by atoms with van der Waals surface area (Å²) in [6.07, 6.45) is 0. The van der Waals surface area contributed by atoms with Crippen LogP contribution >= 0.6 is 0 Å². The van der Waals surface area contributed by atoms with Crippen LogP contribution in [-0.2, 0) is 4.79 Å². The van der Waals surface area contributed by atoms with Crippen molar-refractivity contribution in [1.82, 2.24) is 5.32 Å². The van der Waals surface area contributed by atoms with E-state index in [1.165, 1.54) is 0 Å². The molecule has 0 heterocycles. The van der Waals surface area contributed by atoms with Crippen LogP contribution in [0.3, 0.4) is 0 Å². The van der Waals surface area contributed by atoms with Crippen molar-refractivity contribution in [3.8, 4) is 0 Å². The molecule has 0 aliphatic carbocycles. The number of benzene rings is 1. The number of aliphatic carboxylic acids is 1. The van der Waals surface area contributed by atoms with Crippen molar-refractivity contribution in [2.75, 3.05) is 11.9 Å². The van der Waals surface area contributed by atoms with Gasteiger partial charge in [0.1, 0.15) is 5.82 Å². The number of halogens is 2. The third-order valence-electron chi connectivity index (χ3n) is 2.27. The van der Waals surface area contributed by atoms with Gasteiger partial charge in [0.2, 0.25) is 5.82 Å². The highest BCUT2D eigenvalue weighted by atomic mass is 19.1. The van der Waals surface area contributed by atoms with E-state index in [1.54, 1.807) is 10.6 Å². The first-order chi connectivity index (χ1) is 9.76. The van der Waals surface area contributed by atoms with E-state index in [9.17, 15) is 28.5 Å². The molecule has 9 nitrogen and oxygen atoms in total. The number of rotatable bonds is 5. The summed E-state index contributed by atoms with van der Waals surface area (Å²) < 4.78 is 26.4. The van der Waals surface area contributed by atoms with Crippen LogP contribution in [0.5, 0.6) is 0 Å². The molecule has 1 rings (SSSR count). The van der Waals surface area contributed by atoms with Crippen LogP contribution in [0.4, 0.5) is 25.0 Å². The van der Waals surface area contributed by atoms with E-state index < -0.39 is 52.6 Å². The number of aliphatic hydroxyl groups excluding tert-OH is 1. The Morgan fingerprint density at radius 3 is 2.43 bits per heavy atom. The van der Waals surface area contributed by atoms with E-state index in [1.807, 2.05) is 0 Å². The van der Waals surface area contributed by atoms with Crippen LogP contribution < -0.4 is 10.6 Å². The molecule has 0 unspecified atom stereocenters. The Morgan fingerprint density at radius 2 is 1.95 bits per heavy atom. The van der Waals surface area contributed by atoms with Crippen molar-refractivity contribution in [3.05, 3.63) is 33.9 Å². The third kappa shape index (κ3) is 4.07. The molecule has 0 radical (unpaired) electrons. The molecule has 1 aromatic carbocycles. The lowest BCUT2D eigenvalue weighted by molar-refractivity contribution is -0.387. The van der Waals surface area contributed by atoms with Crippen LogP contribution in [0.25, 0.3) is 0 Å². The van der Waals surface area contributed by atoms with Gasteiger partial charge in [-0.3, -0.25) is 10.1 Å². The van der Waals surface area contributed by atoms with Gasteiger partial charge >= 0.3 is 17.7 Å². The van der Waals surface area contributed by atoms with Gasteiger partial charge in [0.25, 0.3) is 0 Å². The summed E-state index contributed by atoms with van der Waals surface area (Å²) in [5.74, 6) is -4.26. The molecule has 1 aromatic rings. The third-order valence-corrected chi connectivity index (χ3v) is 2.27. The largest absolute Gasteiger partial charge is 0.480 e. The summed E-state index contributed by atoms with van der Waals surface area (Å²) >= 11 is 0. The van der Waals surface area contributed by atoms with Crippen LogP contribution in [-0.4, -0.2) is 39.8 Å². The fraction of sp³-hybridized carbons (Fsp3) is 0.200. The normalized spacial score (nSPS) is 11.6. The first-order valence-corrected chi connectivity index (χ1v) is 5.31. The monoisotopic (exact) mass is 305 g/mol. The smallest absolute Gasteiger partial charge is 0.328 e. The molecule has 0 fully saturated rings. The van der Waals surface area contributed by atoms with Crippen molar-refractivity contribution < 1.29 is 33.5 Å². The Morgan fingerprint density at radius 1 is 1.33 bits per heavy atom. The standard InChI is InChI=1S/C10H9F2N3O6/c11-4-1-5(12)8(15(20)21)2-6(4)13-10(19)14-7(3-16)9(17)18/h1-2,7,16H,3H2,(H,17,18)(H2,13,14,19)/t7-/m0/s1. The first-order valence-electron chi connectivity index (χ1n) is 5.31. The first kappa shape index (κ1) is 16.2. The topological polar surface area (TPSA) is 142 Å². The van der Waals surface area contributed by atoms with Gasteiger partial charge in [0.05, 0.1) is 17.2 Å². The average molecular weight is 305 g/mol. The Labute approximate surface area is 115 Å². The second-order valence-electron chi connectivity index (χ2n) is 3.71. The van der Waals surface area contributed by atoms with Crippen LogP contribution in [0, 0.1) is 21.7 Å². The van der Waals surface area contributed by atoms with Gasteiger partial charge in [-0.05, 0) is 0 Å². The lowest BCUT2D eigenvalue weighted by Crippen LogP contribution is -2.45. The molecule has 0 bridgehead atoms. The van der Waals surface area contributed by atoms with Crippen LogP contribution in [0.1, 0.15) is 0 Å². The molecule has 2 amide bonds. The molecule has 0 saturated heterocycles. The van der Waals surface area contributed by atoms with E-state index in [2.05, 4.69) is 0 Å². The molecule has 21 heavy (non-hydrogen) atoms. The number of carbonyl (C=O) groups is 2. The Balaban J connectivity index is 2.92. The summed E-state index contributed by atoms with van der Waals surface area (Å²) in [7, 11) is 0. The number of anilines is 1. The summed E-state index contributed by atoms with van der Waals surface area (Å²) in [6, 6.07) is -2.24. The number of urea groups is 1. The highest BCUT2D eigenvalue weighted by Gasteiger charge is 2.22. The van der Waals surface area contributed by atoms with E-state index in [4.69, 9.17) is 10.2 Å². The average Bonchev–Trinajstić information content (AvgIpc) is 2.38. The van der Waals surface area contributed by atoms with Gasteiger partial charge in [-0.25, -0.2) is 14.0 Å². The zero-order chi connectivity index (χ0) is 16.2. The Hall–Kier alpha value is -2.82. The van der Waals surface area contributed by atoms with Gasteiger partial charge in [-0.1, -0.05) is 0 Å². The number of amides is 2. The highest BCUT2D eigenvalue weighted by Crippen LogP contribution is 2.24. The summed E-state index contributed by atoms with van der Waals surface area (Å²) in [6.45, 7) is -0.922. The number of carboxylic acid groups (broad SMARTS) is 1. The van der Waals surface area contributed by atoms with Crippen LogP contribution in [0.2, 0.25) is 0 Å². The highest BCUT2D eigenvalue weighted by molar-refractivity contribution is 5.92. The fourth-order valence-corrected chi connectivity index (χ4v) is 1.28. The second-order valence-corrected chi connectivity index (χ2v) is 3.71. The number of nitrogens with one attached hydrogen (secondary N) is 2. The minimum atomic E-state index is -1.65. The molecule has 0 aliphatic rings. The number of nitro groups is 1. The Kier molecular flexibility index (Phi) is 5.07. The number of hydrogen-bond acceptors (Lipinski definition) is 5. The lowest BCUT2D eigenvalue weighted by atomic mass is 10.2. The molecule has 0 aromatic heterocycles. The zero-order valence-corrected chi connectivity index (χ0v) is 10.2. The van der Waals surface area contributed by atoms with Gasteiger partial charge < -0.3 is 20.8 Å². The molecule has 0 aliphatic heterocycles. The van der Waals surface area contributed by atoms with Gasteiger partial charge in [0, 0.05) is 12.1 Å². The number of nitrogens with zero attached hydrogens (tertiary/aromatic N) is 1. The minimum Gasteiger partial charge on any atom is -0.480 e. The predicted molar refractivity (Wildman–Crippen MR) is 63.7 cm³/mol. The maximum atomic E-state index is 13.4. The van der Waals surface area contributed by atoms with E-state index in [-0.39, 0.29) is 6.07 Å². The second kappa shape index (κ2) is 6.56. The lowest BCUT2D eigenvalue weighted by Gasteiger charge is -2.13. The number of carboxylic acids is 1. The van der Waals surface area contributed by atoms with Crippen molar-refractivity contribution >= 4 is 23.4 Å². The number of aliphatic hydroxyl groups is 1. The molecular weight excluding hydrogens is 296 g/mol.